The monoisotopic (exact) mass is 142 g/mol. The van der Waals surface area contributed by atoms with Crippen LogP contribution in [0.5, 0.6) is 0 Å². The molecule has 0 amide bonds. The topological polar surface area (TPSA) is 20.2 Å². The average Bonchev–Trinajstić information content (AvgIpc) is 1.62. The van der Waals surface area contributed by atoms with Crippen LogP contribution in [0.1, 0.15) is 13.8 Å². The van der Waals surface area contributed by atoms with Crippen molar-refractivity contribution in [1.29, 1.82) is 0 Å². The Kier molecular flexibility index (Phi) is 2.49. The van der Waals surface area contributed by atoms with Gasteiger partial charge in [0.2, 0.25) is 0 Å². The number of aliphatic hydroxyl groups is 1. The van der Waals surface area contributed by atoms with Crippen LogP contribution in [0.4, 0.5) is 13.2 Å². The lowest BCUT2D eigenvalue weighted by Gasteiger charge is -2.16. The minimum Gasteiger partial charge on any atom is -0.383 e. The minimum absolute atomic E-state index is 0.759. The number of hydrogen-bond donors (Lipinski definition) is 1. The summed E-state index contributed by atoms with van der Waals surface area (Å²) in [7, 11) is 0. The molecule has 0 saturated heterocycles. The Morgan fingerprint density at radius 2 is 1.56 bits per heavy atom. The van der Waals surface area contributed by atoms with E-state index in [0.717, 1.165) is 0 Å². The maximum Gasteiger partial charge on any atom is 0.414 e. The highest BCUT2D eigenvalue weighted by Gasteiger charge is 2.39. The van der Waals surface area contributed by atoms with E-state index in [1.54, 1.807) is 0 Å². The van der Waals surface area contributed by atoms with E-state index in [1.807, 2.05) is 0 Å². The van der Waals surface area contributed by atoms with E-state index in [4.69, 9.17) is 5.11 Å². The summed E-state index contributed by atoms with van der Waals surface area (Å²) < 4.78 is 34.3. The largest absolute Gasteiger partial charge is 0.414 e. The number of rotatable bonds is 1. The first-order chi connectivity index (χ1) is 3.85. The van der Waals surface area contributed by atoms with Crippen molar-refractivity contribution in [2.75, 3.05) is 0 Å². The molecule has 4 heteroatoms. The smallest absolute Gasteiger partial charge is 0.383 e. The molecule has 0 saturated carbocycles. The lowest BCUT2D eigenvalue weighted by Crippen LogP contribution is -2.33. The molecule has 0 radical (unpaired) electrons. The summed E-state index contributed by atoms with van der Waals surface area (Å²) in [6.07, 6.45) is -6.65. The van der Waals surface area contributed by atoms with Gasteiger partial charge in [-0.25, -0.2) is 0 Å². The standard InChI is InChI=1S/C5H9F3O/c1-3(2)4(9)5(6,7)8/h3-4,9H,1-2H3/t4-/m0/s1. The van der Waals surface area contributed by atoms with E-state index >= 15 is 0 Å². The lowest BCUT2D eigenvalue weighted by atomic mass is 10.1. The highest BCUT2D eigenvalue weighted by atomic mass is 19.4. The van der Waals surface area contributed by atoms with Gasteiger partial charge in [0.05, 0.1) is 0 Å². The molecule has 0 rings (SSSR count). The van der Waals surface area contributed by atoms with Crippen LogP contribution in [0.15, 0.2) is 0 Å². The number of hydrogen-bond acceptors (Lipinski definition) is 1. The summed E-state index contributed by atoms with van der Waals surface area (Å²) in [4.78, 5) is 0. The predicted octanol–water partition coefficient (Wildman–Crippen LogP) is 1.57. The van der Waals surface area contributed by atoms with Crippen LogP contribution >= 0.6 is 0 Å². The summed E-state index contributed by atoms with van der Waals surface area (Å²) >= 11 is 0. The SMILES string of the molecule is CC(C)[C@H](O)C(F)(F)F. The average molecular weight is 142 g/mol. The second kappa shape index (κ2) is 2.56. The van der Waals surface area contributed by atoms with Gasteiger partial charge >= 0.3 is 6.18 Å². The van der Waals surface area contributed by atoms with E-state index in [1.165, 1.54) is 13.8 Å². The second-order valence-electron chi connectivity index (χ2n) is 2.23. The molecule has 0 fully saturated rings. The van der Waals surface area contributed by atoms with Gasteiger partial charge in [0.25, 0.3) is 0 Å². The van der Waals surface area contributed by atoms with Crippen molar-refractivity contribution in [3.8, 4) is 0 Å². The van der Waals surface area contributed by atoms with Crippen LogP contribution in [0.2, 0.25) is 0 Å². The van der Waals surface area contributed by atoms with Crippen molar-refractivity contribution in [1.82, 2.24) is 0 Å². The molecule has 9 heavy (non-hydrogen) atoms. The fourth-order valence-electron chi connectivity index (χ4n) is 0.378. The molecule has 0 heterocycles. The summed E-state index contributed by atoms with van der Waals surface area (Å²) in [5, 5.41) is 8.34. The maximum absolute atomic E-state index is 11.4. The third-order valence-electron chi connectivity index (χ3n) is 0.967. The van der Waals surface area contributed by atoms with E-state index in [0.29, 0.717) is 0 Å². The van der Waals surface area contributed by atoms with Crippen molar-refractivity contribution in [2.45, 2.75) is 26.1 Å². The van der Waals surface area contributed by atoms with E-state index in [2.05, 4.69) is 0 Å². The van der Waals surface area contributed by atoms with Gasteiger partial charge in [-0.05, 0) is 5.92 Å². The van der Waals surface area contributed by atoms with Crippen LogP contribution in [-0.2, 0) is 0 Å². The number of aliphatic hydroxyl groups excluding tert-OH is 1. The molecule has 56 valence electrons. The molecule has 0 aliphatic rings. The van der Waals surface area contributed by atoms with Crippen molar-refractivity contribution in [3.63, 3.8) is 0 Å². The fourth-order valence-corrected chi connectivity index (χ4v) is 0.378. The van der Waals surface area contributed by atoms with E-state index in [9.17, 15) is 13.2 Å². The minimum atomic E-state index is -4.46. The van der Waals surface area contributed by atoms with Gasteiger partial charge in [-0.2, -0.15) is 13.2 Å². The van der Waals surface area contributed by atoms with Crippen LogP contribution in [0, 0.1) is 5.92 Å². The van der Waals surface area contributed by atoms with E-state index < -0.39 is 18.2 Å². The molecule has 0 aromatic heterocycles. The predicted molar refractivity (Wildman–Crippen MR) is 26.9 cm³/mol. The van der Waals surface area contributed by atoms with Gasteiger partial charge < -0.3 is 5.11 Å². The first-order valence-electron chi connectivity index (χ1n) is 2.60. The van der Waals surface area contributed by atoms with Gasteiger partial charge in [0.15, 0.2) is 6.10 Å². The normalized spacial score (nSPS) is 16.3. The Hall–Kier alpha value is -0.250. The zero-order chi connectivity index (χ0) is 7.65. The van der Waals surface area contributed by atoms with Gasteiger partial charge in [-0.3, -0.25) is 0 Å². The first-order valence-corrected chi connectivity index (χ1v) is 2.60. The van der Waals surface area contributed by atoms with Crippen LogP contribution in [-0.4, -0.2) is 17.4 Å². The summed E-state index contributed by atoms with van der Waals surface area (Å²) in [5.74, 6) is -0.759. The third kappa shape index (κ3) is 2.70. The fraction of sp³-hybridized carbons (Fsp3) is 1.00. The zero-order valence-corrected chi connectivity index (χ0v) is 5.24. The molecule has 0 bridgehead atoms. The summed E-state index contributed by atoms with van der Waals surface area (Å²) in [5.41, 5.74) is 0. The van der Waals surface area contributed by atoms with Crippen molar-refractivity contribution in [2.24, 2.45) is 5.92 Å². The quantitative estimate of drug-likeness (QED) is 0.589. The molecule has 1 atom stereocenters. The van der Waals surface area contributed by atoms with Crippen LogP contribution in [0.3, 0.4) is 0 Å². The molecule has 0 aliphatic heterocycles. The molecular weight excluding hydrogens is 133 g/mol. The second-order valence-corrected chi connectivity index (χ2v) is 2.23. The number of alkyl halides is 3. The molecule has 0 spiro atoms. The zero-order valence-electron chi connectivity index (χ0n) is 5.24. The molecule has 0 aliphatic carbocycles. The highest BCUT2D eigenvalue weighted by Crippen LogP contribution is 2.24. The van der Waals surface area contributed by atoms with Gasteiger partial charge in [0, 0.05) is 0 Å². The Morgan fingerprint density at radius 3 is 1.56 bits per heavy atom. The van der Waals surface area contributed by atoms with Crippen molar-refractivity contribution < 1.29 is 18.3 Å². The Balaban J connectivity index is 3.88. The maximum atomic E-state index is 11.4. The molecular formula is C5H9F3O. The highest BCUT2D eigenvalue weighted by molar-refractivity contribution is 4.67. The van der Waals surface area contributed by atoms with E-state index in [-0.39, 0.29) is 0 Å². The van der Waals surface area contributed by atoms with Crippen LogP contribution < -0.4 is 0 Å². The third-order valence-corrected chi connectivity index (χ3v) is 0.967. The molecule has 1 nitrogen and oxygen atoms in total. The Labute approximate surface area is 51.5 Å². The lowest BCUT2D eigenvalue weighted by molar-refractivity contribution is -0.215. The first kappa shape index (κ1) is 8.75. The van der Waals surface area contributed by atoms with Gasteiger partial charge in [-0.15, -0.1) is 0 Å². The Bertz CT molecular complexity index is 86.7. The summed E-state index contributed by atoms with van der Waals surface area (Å²) in [6, 6.07) is 0. The molecule has 0 aromatic carbocycles. The summed E-state index contributed by atoms with van der Waals surface area (Å²) in [6.45, 7) is 2.64. The van der Waals surface area contributed by atoms with Gasteiger partial charge in [0.1, 0.15) is 0 Å². The van der Waals surface area contributed by atoms with Gasteiger partial charge in [-0.1, -0.05) is 13.8 Å². The van der Waals surface area contributed by atoms with Crippen molar-refractivity contribution in [3.05, 3.63) is 0 Å². The number of halogens is 3. The molecule has 0 unspecified atom stereocenters. The molecule has 1 N–H and O–H groups in total. The Morgan fingerprint density at radius 1 is 1.22 bits per heavy atom. The van der Waals surface area contributed by atoms with Crippen LogP contribution in [0.25, 0.3) is 0 Å². The molecule has 0 aromatic rings. The van der Waals surface area contributed by atoms with Crippen molar-refractivity contribution >= 4 is 0 Å².